The number of fused-ring (bicyclic) bond motifs is 1. The molecule has 0 unspecified atom stereocenters. The third-order valence-electron chi connectivity index (χ3n) is 3.73. The summed E-state index contributed by atoms with van der Waals surface area (Å²) in [6, 6.07) is 6.48. The number of nitrogens with zero attached hydrogens (tertiary/aromatic N) is 2. The number of nitrogens with one attached hydrogen (secondary N) is 1. The van der Waals surface area contributed by atoms with Crippen molar-refractivity contribution in [2.45, 2.75) is 6.42 Å². The molecule has 98 valence electrons. The van der Waals surface area contributed by atoms with E-state index in [9.17, 15) is 0 Å². The zero-order valence-corrected chi connectivity index (χ0v) is 11.0. The van der Waals surface area contributed by atoms with Gasteiger partial charge < -0.3 is 19.9 Å². The van der Waals surface area contributed by atoms with Crippen LogP contribution in [0, 0.1) is 0 Å². The van der Waals surface area contributed by atoms with Crippen LogP contribution >= 0.6 is 0 Å². The first kappa shape index (κ1) is 11.7. The third-order valence-corrected chi connectivity index (χ3v) is 3.73. The van der Waals surface area contributed by atoms with E-state index < -0.39 is 0 Å². The van der Waals surface area contributed by atoms with Gasteiger partial charge in [0.1, 0.15) is 0 Å². The lowest BCUT2D eigenvalue weighted by Gasteiger charge is -2.31. The number of rotatable bonds is 1. The van der Waals surface area contributed by atoms with Crippen molar-refractivity contribution in [3.8, 4) is 5.75 Å². The van der Waals surface area contributed by atoms with Crippen molar-refractivity contribution in [1.82, 2.24) is 5.32 Å². The summed E-state index contributed by atoms with van der Waals surface area (Å²) in [7, 11) is 2.15. The van der Waals surface area contributed by atoms with E-state index in [0.717, 1.165) is 51.5 Å². The Morgan fingerprint density at radius 2 is 1.89 bits per heavy atom. The lowest BCUT2D eigenvalue weighted by Crippen LogP contribution is -2.43. The molecule has 0 amide bonds. The van der Waals surface area contributed by atoms with Crippen LogP contribution in [0.3, 0.4) is 0 Å². The van der Waals surface area contributed by atoms with Crippen molar-refractivity contribution < 1.29 is 4.74 Å². The Bertz CT molecular complexity index is 416. The molecule has 4 nitrogen and oxygen atoms in total. The number of piperazine rings is 1. The molecule has 1 fully saturated rings. The van der Waals surface area contributed by atoms with E-state index in [1.165, 1.54) is 11.4 Å². The van der Waals surface area contributed by atoms with E-state index in [4.69, 9.17) is 4.74 Å². The van der Waals surface area contributed by atoms with Crippen molar-refractivity contribution in [3.05, 3.63) is 18.2 Å². The molecule has 0 spiro atoms. The maximum atomic E-state index is 6.00. The number of anilines is 2. The molecular formula is C14H21N3O. The van der Waals surface area contributed by atoms with Gasteiger partial charge in [-0.3, -0.25) is 0 Å². The number of hydrogen-bond donors (Lipinski definition) is 1. The predicted octanol–water partition coefficient (Wildman–Crippen LogP) is 1.31. The molecule has 2 aliphatic rings. The Balaban J connectivity index is 1.96. The summed E-state index contributed by atoms with van der Waals surface area (Å²) in [6.45, 7) is 6.12. The summed E-state index contributed by atoms with van der Waals surface area (Å²) >= 11 is 0. The summed E-state index contributed by atoms with van der Waals surface area (Å²) in [5.74, 6) is 1.07. The van der Waals surface area contributed by atoms with Crippen molar-refractivity contribution in [2.75, 3.05) is 56.2 Å². The minimum Gasteiger partial charge on any atom is -0.489 e. The lowest BCUT2D eigenvalue weighted by atomic mass is 10.2. The molecule has 1 N–H and O–H groups in total. The van der Waals surface area contributed by atoms with Gasteiger partial charge in [-0.1, -0.05) is 6.07 Å². The fraction of sp³-hybridized carbons (Fsp3) is 0.571. The first-order valence-electron chi connectivity index (χ1n) is 6.79. The van der Waals surface area contributed by atoms with Gasteiger partial charge in [0.05, 0.1) is 18.0 Å². The molecule has 0 bridgehead atoms. The van der Waals surface area contributed by atoms with Crippen LogP contribution in [0.15, 0.2) is 18.2 Å². The predicted molar refractivity (Wildman–Crippen MR) is 74.9 cm³/mol. The molecule has 3 rings (SSSR count). The Morgan fingerprint density at radius 1 is 1.11 bits per heavy atom. The molecule has 4 heteroatoms. The van der Waals surface area contributed by atoms with E-state index in [0.29, 0.717) is 0 Å². The van der Waals surface area contributed by atoms with Crippen LogP contribution in [0.1, 0.15) is 6.42 Å². The van der Waals surface area contributed by atoms with Gasteiger partial charge in [0.25, 0.3) is 0 Å². The standard InChI is InChI=1S/C14H21N3O/c1-16-8-3-11-18-14-12(16)4-2-5-13(14)17-9-6-15-7-10-17/h2,4-5,15H,3,6-11H2,1H3. The van der Waals surface area contributed by atoms with Crippen LogP contribution in [-0.2, 0) is 0 Å². The average Bonchev–Trinajstić information content (AvgIpc) is 2.62. The van der Waals surface area contributed by atoms with Gasteiger partial charge in [0, 0.05) is 39.8 Å². The third kappa shape index (κ3) is 2.12. The average molecular weight is 247 g/mol. The maximum Gasteiger partial charge on any atom is 0.165 e. The Labute approximate surface area is 109 Å². The van der Waals surface area contributed by atoms with Crippen LogP contribution in [0.4, 0.5) is 11.4 Å². The van der Waals surface area contributed by atoms with Gasteiger partial charge in [-0.2, -0.15) is 0 Å². The van der Waals surface area contributed by atoms with E-state index in [1.54, 1.807) is 0 Å². The fourth-order valence-electron chi connectivity index (χ4n) is 2.71. The fourth-order valence-corrected chi connectivity index (χ4v) is 2.71. The van der Waals surface area contributed by atoms with Crippen LogP contribution in [0.25, 0.3) is 0 Å². The number of hydrogen-bond acceptors (Lipinski definition) is 4. The highest BCUT2D eigenvalue weighted by atomic mass is 16.5. The molecule has 1 aromatic carbocycles. The monoisotopic (exact) mass is 247 g/mol. The van der Waals surface area contributed by atoms with Gasteiger partial charge in [-0.25, -0.2) is 0 Å². The first-order chi connectivity index (χ1) is 8.86. The Hall–Kier alpha value is -1.42. The summed E-state index contributed by atoms with van der Waals surface area (Å²) in [5.41, 5.74) is 2.48. The van der Waals surface area contributed by atoms with Gasteiger partial charge >= 0.3 is 0 Å². The van der Waals surface area contributed by atoms with Crippen molar-refractivity contribution >= 4 is 11.4 Å². The topological polar surface area (TPSA) is 27.7 Å². The van der Waals surface area contributed by atoms with Crippen LogP contribution < -0.4 is 19.9 Å². The molecular weight excluding hydrogens is 226 g/mol. The van der Waals surface area contributed by atoms with Gasteiger partial charge in [-0.15, -0.1) is 0 Å². The summed E-state index contributed by atoms with van der Waals surface area (Å²) in [6.07, 6.45) is 1.09. The Morgan fingerprint density at radius 3 is 2.72 bits per heavy atom. The zero-order valence-electron chi connectivity index (χ0n) is 11.0. The highest BCUT2D eigenvalue weighted by Gasteiger charge is 2.21. The first-order valence-corrected chi connectivity index (χ1v) is 6.79. The van der Waals surface area contributed by atoms with Gasteiger partial charge in [-0.05, 0) is 18.6 Å². The minimum absolute atomic E-state index is 0.820. The highest BCUT2D eigenvalue weighted by molar-refractivity contribution is 5.73. The zero-order chi connectivity index (χ0) is 12.4. The van der Waals surface area contributed by atoms with Crippen molar-refractivity contribution in [2.24, 2.45) is 0 Å². The normalized spacial score (nSPS) is 20.1. The van der Waals surface area contributed by atoms with Crippen LogP contribution in [0.5, 0.6) is 5.75 Å². The molecule has 0 saturated carbocycles. The Kier molecular flexibility index (Phi) is 3.28. The minimum atomic E-state index is 0.820. The van der Waals surface area contributed by atoms with Gasteiger partial charge in [0.2, 0.25) is 0 Å². The van der Waals surface area contributed by atoms with E-state index in [2.05, 4.69) is 40.4 Å². The quantitative estimate of drug-likeness (QED) is 0.810. The molecule has 18 heavy (non-hydrogen) atoms. The van der Waals surface area contributed by atoms with E-state index >= 15 is 0 Å². The number of ether oxygens (including phenoxy) is 1. The van der Waals surface area contributed by atoms with Crippen LogP contribution in [0.2, 0.25) is 0 Å². The molecule has 0 atom stereocenters. The van der Waals surface area contributed by atoms with Crippen molar-refractivity contribution in [3.63, 3.8) is 0 Å². The second-order valence-corrected chi connectivity index (χ2v) is 4.99. The number of benzene rings is 1. The van der Waals surface area contributed by atoms with Gasteiger partial charge in [0.15, 0.2) is 5.75 Å². The smallest absolute Gasteiger partial charge is 0.165 e. The molecule has 0 aromatic heterocycles. The van der Waals surface area contributed by atoms with E-state index in [1.807, 2.05) is 0 Å². The van der Waals surface area contributed by atoms with Crippen LogP contribution in [-0.4, -0.2) is 46.4 Å². The molecule has 2 aliphatic heterocycles. The SMILES string of the molecule is CN1CCCOc2c1cccc2N1CCNCC1. The molecule has 0 aliphatic carbocycles. The van der Waals surface area contributed by atoms with E-state index in [-0.39, 0.29) is 0 Å². The summed E-state index contributed by atoms with van der Waals surface area (Å²) in [4.78, 5) is 4.72. The second kappa shape index (κ2) is 5.06. The maximum absolute atomic E-state index is 6.00. The number of para-hydroxylation sites is 1. The largest absolute Gasteiger partial charge is 0.489 e. The molecule has 1 aromatic rings. The highest BCUT2D eigenvalue weighted by Crippen LogP contribution is 2.39. The summed E-state index contributed by atoms with van der Waals surface area (Å²) in [5, 5.41) is 3.39. The lowest BCUT2D eigenvalue weighted by molar-refractivity contribution is 0.322. The molecule has 2 heterocycles. The molecule has 0 radical (unpaired) electrons. The van der Waals surface area contributed by atoms with Crippen molar-refractivity contribution in [1.29, 1.82) is 0 Å². The second-order valence-electron chi connectivity index (χ2n) is 4.99. The summed E-state index contributed by atoms with van der Waals surface area (Å²) < 4.78 is 6.00. The molecule has 1 saturated heterocycles.